The van der Waals surface area contributed by atoms with Gasteiger partial charge in [-0.1, -0.05) is 33.6 Å². The van der Waals surface area contributed by atoms with E-state index in [9.17, 15) is 0 Å². The van der Waals surface area contributed by atoms with Crippen molar-refractivity contribution < 1.29 is 0 Å². The van der Waals surface area contributed by atoms with Gasteiger partial charge in [0.1, 0.15) is 0 Å². The quantitative estimate of drug-likeness (QED) is 0.654. The second-order valence-electron chi connectivity index (χ2n) is 4.62. The second-order valence-corrected chi connectivity index (χ2v) is 5.62. The predicted octanol–water partition coefficient (Wildman–Crippen LogP) is 4.82. The zero-order valence-corrected chi connectivity index (χ0v) is 10.7. The maximum absolute atomic E-state index is 2.43. The van der Waals surface area contributed by atoms with Crippen molar-refractivity contribution in [3.63, 3.8) is 0 Å². The average molecular weight is 210 g/mol. The van der Waals surface area contributed by atoms with Crippen molar-refractivity contribution in [2.24, 2.45) is 5.41 Å². The molecule has 0 radical (unpaired) electrons. The van der Waals surface area contributed by atoms with Crippen LogP contribution in [0.15, 0.2) is 11.4 Å². The molecular formula is C13H22S. The van der Waals surface area contributed by atoms with E-state index >= 15 is 0 Å². The first-order valence-electron chi connectivity index (χ1n) is 5.64. The first-order valence-corrected chi connectivity index (χ1v) is 6.52. The average Bonchev–Trinajstić information content (AvgIpc) is 2.52. The molecule has 0 N–H and O–H groups in total. The SMILES string of the molecule is CCCC(C)(CC)Cc1sccc1C. The van der Waals surface area contributed by atoms with Gasteiger partial charge in [-0.25, -0.2) is 0 Å². The summed E-state index contributed by atoms with van der Waals surface area (Å²) in [5.41, 5.74) is 2.00. The molecule has 0 aliphatic heterocycles. The fourth-order valence-corrected chi connectivity index (χ4v) is 3.09. The third-order valence-electron chi connectivity index (χ3n) is 3.26. The van der Waals surface area contributed by atoms with E-state index in [2.05, 4.69) is 39.1 Å². The molecule has 14 heavy (non-hydrogen) atoms. The lowest BCUT2D eigenvalue weighted by molar-refractivity contribution is 0.281. The van der Waals surface area contributed by atoms with Crippen LogP contribution < -0.4 is 0 Å². The Bertz CT molecular complexity index is 275. The number of rotatable bonds is 5. The van der Waals surface area contributed by atoms with E-state index in [1.807, 2.05) is 11.3 Å². The van der Waals surface area contributed by atoms with Crippen molar-refractivity contribution in [1.29, 1.82) is 0 Å². The molecule has 0 aliphatic rings. The summed E-state index contributed by atoms with van der Waals surface area (Å²) in [6.45, 7) is 9.26. The van der Waals surface area contributed by atoms with E-state index in [1.165, 1.54) is 31.2 Å². The van der Waals surface area contributed by atoms with Crippen LogP contribution in [0.2, 0.25) is 0 Å². The van der Waals surface area contributed by atoms with Crippen molar-refractivity contribution in [2.75, 3.05) is 0 Å². The van der Waals surface area contributed by atoms with Gasteiger partial charge >= 0.3 is 0 Å². The van der Waals surface area contributed by atoms with Crippen LogP contribution in [0.4, 0.5) is 0 Å². The zero-order valence-electron chi connectivity index (χ0n) is 9.89. The van der Waals surface area contributed by atoms with Crippen molar-refractivity contribution in [3.05, 3.63) is 21.9 Å². The molecule has 0 bridgehead atoms. The third-order valence-corrected chi connectivity index (χ3v) is 4.29. The summed E-state index contributed by atoms with van der Waals surface area (Å²) in [4.78, 5) is 1.59. The standard InChI is InChI=1S/C13H22S/c1-5-8-13(4,6-2)10-12-11(3)7-9-14-12/h7,9H,5-6,8,10H2,1-4H3. The van der Waals surface area contributed by atoms with Gasteiger partial charge in [-0.05, 0) is 42.2 Å². The second kappa shape index (κ2) is 4.97. The number of hydrogen-bond donors (Lipinski definition) is 0. The Morgan fingerprint density at radius 3 is 2.50 bits per heavy atom. The minimum atomic E-state index is 0.518. The zero-order chi connectivity index (χ0) is 10.6. The molecule has 0 saturated carbocycles. The normalized spacial score (nSPS) is 15.4. The molecule has 1 aromatic rings. The van der Waals surface area contributed by atoms with Crippen molar-refractivity contribution >= 4 is 11.3 Å². The van der Waals surface area contributed by atoms with Gasteiger partial charge in [0, 0.05) is 4.88 Å². The Kier molecular flexibility index (Phi) is 4.18. The molecule has 1 aromatic heterocycles. The van der Waals surface area contributed by atoms with Crippen molar-refractivity contribution in [1.82, 2.24) is 0 Å². The minimum Gasteiger partial charge on any atom is -0.149 e. The Morgan fingerprint density at radius 2 is 2.07 bits per heavy atom. The van der Waals surface area contributed by atoms with E-state index in [0.717, 1.165) is 0 Å². The Balaban J connectivity index is 2.69. The lowest BCUT2D eigenvalue weighted by Crippen LogP contribution is -2.18. The molecule has 1 heteroatoms. The largest absolute Gasteiger partial charge is 0.149 e. The van der Waals surface area contributed by atoms with Crippen LogP contribution in [0.3, 0.4) is 0 Å². The van der Waals surface area contributed by atoms with Gasteiger partial charge in [0.25, 0.3) is 0 Å². The molecular weight excluding hydrogens is 188 g/mol. The van der Waals surface area contributed by atoms with Crippen LogP contribution >= 0.6 is 11.3 Å². The topological polar surface area (TPSA) is 0 Å². The molecule has 0 spiro atoms. The maximum atomic E-state index is 2.43. The lowest BCUT2D eigenvalue weighted by atomic mass is 9.79. The lowest BCUT2D eigenvalue weighted by Gasteiger charge is -2.27. The number of thiophene rings is 1. The molecule has 0 amide bonds. The van der Waals surface area contributed by atoms with Gasteiger partial charge in [0.05, 0.1) is 0 Å². The van der Waals surface area contributed by atoms with Crippen LogP contribution in [0.25, 0.3) is 0 Å². The van der Waals surface area contributed by atoms with Crippen LogP contribution in [0.1, 0.15) is 50.5 Å². The molecule has 1 heterocycles. The smallest absolute Gasteiger partial charge is 0.00798 e. The van der Waals surface area contributed by atoms with Crippen LogP contribution in [0.5, 0.6) is 0 Å². The fraction of sp³-hybridized carbons (Fsp3) is 0.692. The fourth-order valence-electron chi connectivity index (χ4n) is 1.97. The van der Waals surface area contributed by atoms with Gasteiger partial charge in [-0.3, -0.25) is 0 Å². The van der Waals surface area contributed by atoms with Crippen molar-refractivity contribution in [2.45, 2.75) is 53.4 Å². The summed E-state index contributed by atoms with van der Waals surface area (Å²) in [7, 11) is 0. The Hall–Kier alpha value is -0.300. The highest BCUT2D eigenvalue weighted by Crippen LogP contribution is 2.34. The van der Waals surface area contributed by atoms with Gasteiger partial charge in [0.15, 0.2) is 0 Å². The highest BCUT2D eigenvalue weighted by Gasteiger charge is 2.22. The van der Waals surface area contributed by atoms with Crippen LogP contribution in [0, 0.1) is 12.3 Å². The molecule has 80 valence electrons. The molecule has 0 saturated heterocycles. The Labute approximate surface area is 92.4 Å². The van der Waals surface area contributed by atoms with Crippen molar-refractivity contribution in [3.8, 4) is 0 Å². The summed E-state index contributed by atoms with van der Waals surface area (Å²) in [6, 6.07) is 2.24. The molecule has 0 fully saturated rings. The monoisotopic (exact) mass is 210 g/mol. The molecule has 0 aromatic carbocycles. The van der Waals surface area contributed by atoms with E-state index in [1.54, 1.807) is 4.88 Å². The first-order chi connectivity index (χ1) is 6.61. The van der Waals surface area contributed by atoms with Gasteiger partial charge in [-0.15, -0.1) is 11.3 Å². The van der Waals surface area contributed by atoms with E-state index in [0.29, 0.717) is 5.41 Å². The summed E-state index contributed by atoms with van der Waals surface area (Å²) in [5.74, 6) is 0. The molecule has 1 rings (SSSR count). The van der Waals surface area contributed by atoms with Gasteiger partial charge < -0.3 is 0 Å². The van der Waals surface area contributed by atoms with E-state index < -0.39 is 0 Å². The molecule has 0 nitrogen and oxygen atoms in total. The maximum Gasteiger partial charge on any atom is 0.00798 e. The first kappa shape index (κ1) is 11.8. The van der Waals surface area contributed by atoms with Crippen LogP contribution in [-0.2, 0) is 6.42 Å². The van der Waals surface area contributed by atoms with Gasteiger partial charge in [0.2, 0.25) is 0 Å². The molecule has 1 atom stereocenters. The molecule has 1 unspecified atom stereocenters. The summed E-state index contributed by atoms with van der Waals surface area (Å²) < 4.78 is 0. The summed E-state index contributed by atoms with van der Waals surface area (Å²) in [6.07, 6.45) is 5.20. The number of aryl methyl sites for hydroxylation is 1. The predicted molar refractivity (Wildman–Crippen MR) is 66.1 cm³/mol. The molecule has 0 aliphatic carbocycles. The van der Waals surface area contributed by atoms with E-state index in [-0.39, 0.29) is 0 Å². The van der Waals surface area contributed by atoms with Gasteiger partial charge in [-0.2, -0.15) is 0 Å². The highest BCUT2D eigenvalue weighted by atomic mass is 32.1. The highest BCUT2D eigenvalue weighted by molar-refractivity contribution is 7.10. The summed E-state index contributed by atoms with van der Waals surface area (Å²) in [5, 5.41) is 2.21. The number of hydrogen-bond acceptors (Lipinski definition) is 1. The van der Waals surface area contributed by atoms with Crippen LogP contribution in [-0.4, -0.2) is 0 Å². The van der Waals surface area contributed by atoms with E-state index in [4.69, 9.17) is 0 Å². The Morgan fingerprint density at radius 1 is 1.36 bits per heavy atom. The summed E-state index contributed by atoms with van der Waals surface area (Å²) >= 11 is 1.92. The minimum absolute atomic E-state index is 0.518. The third kappa shape index (κ3) is 2.84.